The van der Waals surface area contributed by atoms with Gasteiger partial charge in [0.15, 0.2) is 6.10 Å². The van der Waals surface area contributed by atoms with E-state index in [1.165, 1.54) is 25.3 Å². The van der Waals surface area contributed by atoms with Crippen LogP contribution in [0.5, 0.6) is 0 Å². The van der Waals surface area contributed by atoms with Gasteiger partial charge in [-0.05, 0) is 43.7 Å². The molecule has 2 aromatic carbocycles. The highest BCUT2D eigenvalue weighted by Gasteiger charge is 2.20. The third-order valence-electron chi connectivity index (χ3n) is 4.01. The summed E-state index contributed by atoms with van der Waals surface area (Å²) in [5, 5.41) is 3.40. The van der Waals surface area contributed by atoms with Crippen molar-refractivity contribution in [3.05, 3.63) is 64.6 Å². The molecule has 5 nitrogen and oxygen atoms in total. The number of rotatable bonds is 5. The number of carbonyl (C=O) groups excluding carboxylic acids is 2. The van der Waals surface area contributed by atoms with Crippen molar-refractivity contribution < 1.29 is 23.1 Å². The summed E-state index contributed by atoms with van der Waals surface area (Å²) in [4.78, 5) is 24.3. The van der Waals surface area contributed by atoms with Gasteiger partial charge in [-0.25, -0.2) is 4.39 Å². The van der Waals surface area contributed by atoms with Gasteiger partial charge < -0.3 is 14.5 Å². The van der Waals surface area contributed by atoms with Crippen LogP contribution < -0.4 is 5.32 Å². The SMILES string of the molecule is Cc1ccc2c(CC(=O)O[C@H](C)C(=O)Nc3ccc(Cl)cc3F)coc2c1. The minimum atomic E-state index is -1.09. The lowest BCUT2D eigenvalue weighted by atomic mass is 10.1. The van der Waals surface area contributed by atoms with E-state index in [-0.39, 0.29) is 17.1 Å². The van der Waals surface area contributed by atoms with Gasteiger partial charge in [-0.2, -0.15) is 0 Å². The van der Waals surface area contributed by atoms with Gasteiger partial charge in [0.1, 0.15) is 11.4 Å². The van der Waals surface area contributed by atoms with Crippen molar-refractivity contribution in [1.29, 1.82) is 0 Å². The Morgan fingerprint density at radius 1 is 1.26 bits per heavy atom. The van der Waals surface area contributed by atoms with Gasteiger partial charge in [-0.15, -0.1) is 0 Å². The van der Waals surface area contributed by atoms with Crippen molar-refractivity contribution in [1.82, 2.24) is 0 Å². The standard InChI is InChI=1S/C20H17ClFNO4/c1-11-3-5-15-13(10-26-18(15)7-11)8-19(24)27-12(2)20(25)23-17-6-4-14(21)9-16(17)22/h3-7,9-10,12H,8H2,1-2H3,(H,23,25)/t12-/m1/s1. The average molecular weight is 390 g/mol. The zero-order chi connectivity index (χ0) is 19.6. The lowest BCUT2D eigenvalue weighted by molar-refractivity contribution is -0.152. The Kier molecular flexibility index (Phi) is 5.46. The van der Waals surface area contributed by atoms with E-state index in [1.54, 1.807) is 0 Å². The molecule has 0 spiro atoms. The van der Waals surface area contributed by atoms with Crippen molar-refractivity contribution in [2.24, 2.45) is 0 Å². The van der Waals surface area contributed by atoms with E-state index >= 15 is 0 Å². The molecule has 1 atom stereocenters. The molecular weight excluding hydrogens is 373 g/mol. The first-order chi connectivity index (χ1) is 12.8. The molecule has 0 saturated carbocycles. The third-order valence-corrected chi connectivity index (χ3v) is 4.25. The van der Waals surface area contributed by atoms with Crippen LogP contribution in [0.3, 0.4) is 0 Å². The van der Waals surface area contributed by atoms with Gasteiger partial charge in [-0.1, -0.05) is 23.7 Å². The Labute approximate surface area is 160 Å². The number of anilines is 1. The van der Waals surface area contributed by atoms with Crippen LogP contribution in [0.25, 0.3) is 11.0 Å². The van der Waals surface area contributed by atoms with Gasteiger partial charge in [0.2, 0.25) is 0 Å². The number of carbonyl (C=O) groups is 2. The summed E-state index contributed by atoms with van der Waals surface area (Å²) >= 11 is 5.67. The van der Waals surface area contributed by atoms with E-state index in [0.717, 1.165) is 17.0 Å². The van der Waals surface area contributed by atoms with Crippen LogP contribution >= 0.6 is 11.6 Å². The number of fused-ring (bicyclic) bond motifs is 1. The average Bonchev–Trinajstić information content (AvgIpc) is 2.98. The maximum absolute atomic E-state index is 13.7. The van der Waals surface area contributed by atoms with E-state index in [0.29, 0.717) is 11.1 Å². The van der Waals surface area contributed by atoms with E-state index < -0.39 is 23.8 Å². The Morgan fingerprint density at radius 3 is 2.78 bits per heavy atom. The summed E-state index contributed by atoms with van der Waals surface area (Å²) < 4.78 is 24.3. The number of aryl methyl sites for hydroxylation is 1. The molecule has 140 valence electrons. The topological polar surface area (TPSA) is 68.5 Å². The summed E-state index contributed by atoms with van der Waals surface area (Å²) in [6.07, 6.45) is 0.371. The Hall–Kier alpha value is -2.86. The molecule has 0 unspecified atom stereocenters. The number of furan rings is 1. The monoisotopic (exact) mass is 389 g/mol. The van der Waals surface area contributed by atoms with Crippen LogP contribution in [0.2, 0.25) is 5.02 Å². The molecule has 1 N–H and O–H groups in total. The normalized spacial score (nSPS) is 12.0. The molecule has 0 aliphatic carbocycles. The number of amides is 1. The van der Waals surface area contributed by atoms with E-state index in [2.05, 4.69) is 5.32 Å². The maximum atomic E-state index is 13.7. The number of hydrogen-bond donors (Lipinski definition) is 1. The summed E-state index contributed by atoms with van der Waals surface area (Å²) in [6.45, 7) is 3.36. The van der Waals surface area contributed by atoms with Crippen LogP contribution in [0, 0.1) is 12.7 Å². The maximum Gasteiger partial charge on any atom is 0.311 e. The molecule has 1 heterocycles. The second kappa shape index (κ2) is 7.80. The van der Waals surface area contributed by atoms with Crippen molar-refractivity contribution in [3.63, 3.8) is 0 Å². The van der Waals surface area contributed by atoms with E-state index in [1.807, 2.05) is 25.1 Å². The molecule has 1 aromatic heterocycles. The zero-order valence-electron chi connectivity index (χ0n) is 14.7. The Bertz CT molecular complexity index is 1010. The van der Waals surface area contributed by atoms with Gasteiger partial charge in [0, 0.05) is 16.0 Å². The molecule has 27 heavy (non-hydrogen) atoms. The van der Waals surface area contributed by atoms with Gasteiger partial charge >= 0.3 is 5.97 Å². The fourth-order valence-electron chi connectivity index (χ4n) is 2.60. The minimum Gasteiger partial charge on any atom is -0.464 e. The Balaban J connectivity index is 1.61. The fraction of sp³-hybridized carbons (Fsp3) is 0.200. The molecule has 0 bridgehead atoms. The molecule has 3 aromatic rings. The summed E-state index contributed by atoms with van der Waals surface area (Å²) in [7, 11) is 0. The number of benzene rings is 2. The molecule has 0 radical (unpaired) electrons. The highest BCUT2D eigenvalue weighted by Crippen LogP contribution is 2.23. The number of esters is 1. The lowest BCUT2D eigenvalue weighted by Crippen LogP contribution is -2.30. The highest BCUT2D eigenvalue weighted by molar-refractivity contribution is 6.30. The van der Waals surface area contributed by atoms with Crippen molar-refractivity contribution in [3.8, 4) is 0 Å². The molecule has 0 aliphatic heterocycles. The molecule has 0 saturated heterocycles. The summed E-state index contributed by atoms with van der Waals surface area (Å²) in [5.41, 5.74) is 2.36. The van der Waals surface area contributed by atoms with Gasteiger partial charge in [0.05, 0.1) is 18.4 Å². The minimum absolute atomic E-state index is 0.0384. The van der Waals surface area contributed by atoms with Crippen LogP contribution in [-0.2, 0) is 20.7 Å². The van der Waals surface area contributed by atoms with E-state index in [4.69, 9.17) is 20.8 Å². The van der Waals surface area contributed by atoms with Gasteiger partial charge in [-0.3, -0.25) is 9.59 Å². The summed E-state index contributed by atoms with van der Waals surface area (Å²) in [6, 6.07) is 9.53. The molecule has 1 amide bonds. The number of ether oxygens (including phenoxy) is 1. The van der Waals surface area contributed by atoms with Crippen molar-refractivity contribution in [2.45, 2.75) is 26.4 Å². The predicted octanol–water partition coefficient (Wildman–Crippen LogP) is 4.65. The molecular formula is C20H17ClFNO4. The molecule has 0 fully saturated rings. The van der Waals surface area contributed by atoms with Crippen LogP contribution in [-0.4, -0.2) is 18.0 Å². The molecule has 7 heteroatoms. The quantitative estimate of drug-likeness (QED) is 0.645. The first kappa shape index (κ1) is 18.9. The molecule has 3 rings (SSSR count). The largest absolute Gasteiger partial charge is 0.464 e. The second-order valence-corrected chi connectivity index (χ2v) is 6.62. The van der Waals surface area contributed by atoms with Crippen LogP contribution in [0.15, 0.2) is 47.1 Å². The summed E-state index contributed by atoms with van der Waals surface area (Å²) in [5.74, 6) is -1.90. The highest BCUT2D eigenvalue weighted by atomic mass is 35.5. The van der Waals surface area contributed by atoms with Crippen LogP contribution in [0.1, 0.15) is 18.1 Å². The predicted molar refractivity (Wildman–Crippen MR) is 100 cm³/mol. The van der Waals surface area contributed by atoms with Crippen molar-refractivity contribution in [2.75, 3.05) is 5.32 Å². The number of hydrogen-bond acceptors (Lipinski definition) is 4. The Morgan fingerprint density at radius 2 is 2.04 bits per heavy atom. The first-order valence-electron chi connectivity index (χ1n) is 8.25. The lowest BCUT2D eigenvalue weighted by Gasteiger charge is -2.14. The first-order valence-corrected chi connectivity index (χ1v) is 8.63. The van der Waals surface area contributed by atoms with Crippen molar-refractivity contribution >= 4 is 40.1 Å². The second-order valence-electron chi connectivity index (χ2n) is 6.18. The number of nitrogens with one attached hydrogen (secondary N) is 1. The molecule has 0 aliphatic rings. The fourth-order valence-corrected chi connectivity index (χ4v) is 2.76. The smallest absolute Gasteiger partial charge is 0.311 e. The van der Waals surface area contributed by atoms with Gasteiger partial charge in [0.25, 0.3) is 5.91 Å². The third kappa shape index (κ3) is 4.46. The zero-order valence-corrected chi connectivity index (χ0v) is 15.5. The van der Waals surface area contributed by atoms with Crippen LogP contribution in [0.4, 0.5) is 10.1 Å². The van der Waals surface area contributed by atoms with E-state index in [9.17, 15) is 14.0 Å². The number of halogens is 2.